The lowest BCUT2D eigenvalue weighted by Crippen LogP contribution is -2.32. The van der Waals surface area contributed by atoms with E-state index in [1.165, 1.54) is 0 Å². The number of hydrogen-bond acceptors (Lipinski definition) is 4. The average molecular weight is 289 g/mol. The predicted molar refractivity (Wildman–Crippen MR) is 81.5 cm³/mol. The van der Waals surface area contributed by atoms with Crippen molar-refractivity contribution in [2.45, 2.75) is 47.0 Å². The van der Waals surface area contributed by atoms with Gasteiger partial charge in [-0.3, -0.25) is 4.79 Å². The second-order valence-electron chi connectivity index (χ2n) is 6.12. The monoisotopic (exact) mass is 289 g/mol. The van der Waals surface area contributed by atoms with E-state index in [0.717, 1.165) is 5.69 Å². The topological polar surface area (TPSA) is 63.4 Å². The molecule has 0 aromatic carbocycles. The molecule has 0 unspecified atom stereocenters. The number of hydrogen-bond donors (Lipinski definition) is 0. The summed E-state index contributed by atoms with van der Waals surface area (Å²) < 4.78 is 1.73. The molecule has 2 heterocycles. The highest BCUT2D eigenvalue weighted by Gasteiger charge is 2.24. The Morgan fingerprint density at radius 3 is 2.38 bits per heavy atom. The number of aryl methyl sites for hydroxylation is 1. The van der Waals surface area contributed by atoms with Gasteiger partial charge in [-0.1, -0.05) is 20.8 Å². The number of carbonyl (C=O) groups excluding carboxylic acids is 1. The number of fused-ring (bicyclic) bond motifs is 1. The molecule has 0 saturated heterocycles. The first kappa shape index (κ1) is 15.4. The van der Waals surface area contributed by atoms with Gasteiger partial charge in [-0.05, 0) is 26.8 Å². The fraction of sp³-hybridized carbons (Fsp3) is 0.600. The fourth-order valence-corrected chi connectivity index (χ4v) is 2.29. The third kappa shape index (κ3) is 2.89. The quantitative estimate of drug-likeness (QED) is 0.869. The van der Waals surface area contributed by atoms with Crippen LogP contribution in [-0.2, 0) is 5.41 Å². The summed E-state index contributed by atoms with van der Waals surface area (Å²) >= 11 is 0. The minimum absolute atomic E-state index is 0.0614. The molecule has 0 aliphatic rings. The van der Waals surface area contributed by atoms with Crippen molar-refractivity contribution in [1.29, 1.82) is 0 Å². The Hall–Kier alpha value is -1.98. The van der Waals surface area contributed by atoms with Crippen molar-refractivity contribution >= 4 is 11.7 Å². The normalized spacial score (nSPS) is 11.9. The Kier molecular flexibility index (Phi) is 3.98. The van der Waals surface area contributed by atoms with Crippen LogP contribution in [0.15, 0.2) is 6.07 Å². The first-order valence-corrected chi connectivity index (χ1v) is 7.32. The summed E-state index contributed by atoms with van der Waals surface area (Å²) in [4.78, 5) is 23.0. The van der Waals surface area contributed by atoms with Gasteiger partial charge in [0.1, 0.15) is 11.5 Å². The fourth-order valence-electron chi connectivity index (χ4n) is 2.29. The molecule has 0 radical (unpaired) electrons. The Bertz CT molecular complexity index is 664. The standard InChI is InChI=1S/C15H23N5O/c1-7-19(8-2)13(21)11-9-12(15(4,5)6)20-14(17-11)16-10(3)18-20/h9H,7-8H2,1-6H3. The third-order valence-electron chi connectivity index (χ3n) is 3.46. The number of aromatic nitrogens is 4. The molecule has 0 atom stereocenters. The zero-order valence-corrected chi connectivity index (χ0v) is 13.6. The smallest absolute Gasteiger partial charge is 0.272 e. The molecule has 0 bridgehead atoms. The molecule has 2 aromatic rings. The van der Waals surface area contributed by atoms with Crippen LogP contribution in [0.25, 0.3) is 5.78 Å². The largest absolute Gasteiger partial charge is 0.338 e. The molecular weight excluding hydrogens is 266 g/mol. The van der Waals surface area contributed by atoms with Gasteiger partial charge < -0.3 is 4.90 Å². The van der Waals surface area contributed by atoms with Crippen LogP contribution in [0.2, 0.25) is 0 Å². The third-order valence-corrected chi connectivity index (χ3v) is 3.46. The van der Waals surface area contributed by atoms with Gasteiger partial charge in [0.05, 0.1) is 5.69 Å². The number of rotatable bonds is 3. The Labute approximate surface area is 125 Å². The SMILES string of the molecule is CCN(CC)C(=O)c1cc(C(C)(C)C)n2nc(C)nc2n1. The van der Waals surface area contributed by atoms with Crippen molar-refractivity contribution < 1.29 is 4.79 Å². The van der Waals surface area contributed by atoms with Crippen LogP contribution in [-0.4, -0.2) is 43.5 Å². The van der Waals surface area contributed by atoms with Gasteiger partial charge in [0, 0.05) is 18.5 Å². The second kappa shape index (κ2) is 5.42. The Morgan fingerprint density at radius 1 is 1.24 bits per heavy atom. The molecule has 2 aromatic heterocycles. The van der Waals surface area contributed by atoms with E-state index in [-0.39, 0.29) is 11.3 Å². The van der Waals surface area contributed by atoms with Crippen LogP contribution in [0.5, 0.6) is 0 Å². The van der Waals surface area contributed by atoms with Crippen molar-refractivity contribution in [1.82, 2.24) is 24.5 Å². The van der Waals surface area contributed by atoms with Crippen LogP contribution in [0.3, 0.4) is 0 Å². The maximum atomic E-state index is 12.5. The highest BCUT2D eigenvalue weighted by Crippen LogP contribution is 2.23. The highest BCUT2D eigenvalue weighted by molar-refractivity contribution is 5.92. The van der Waals surface area contributed by atoms with Crippen LogP contribution < -0.4 is 0 Å². The van der Waals surface area contributed by atoms with Crippen molar-refractivity contribution in [3.8, 4) is 0 Å². The Balaban J connectivity index is 2.64. The molecule has 0 spiro atoms. The lowest BCUT2D eigenvalue weighted by atomic mass is 9.91. The highest BCUT2D eigenvalue weighted by atomic mass is 16.2. The molecule has 0 aliphatic heterocycles. The zero-order chi connectivity index (χ0) is 15.8. The molecule has 0 saturated carbocycles. The van der Waals surface area contributed by atoms with E-state index in [9.17, 15) is 4.79 Å². The van der Waals surface area contributed by atoms with Crippen LogP contribution in [0.4, 0.5) is 0 Å². The van der Waals surface area contributed by atoms with Crippen molar-refractivity contribution in [2.24, 2.45) is 0 Å². The van der Waals surface area contributed by atoms with Crippen molar-refractivity contribution in [3.63, 3.8) is 0 Å². The van der Waals surface area contributed by atoms with E-state index in [1.807, 2.05) is 26.8 Å². The van der Waals surface area contributed by atoms with Gasteiger partial charge in [0.15, 0.2) is 0 Å². The number of nitrogens with zero attached hydrogens (tertiary/aromatic N) is 5. The lowest BCUT2D eigenvalue weighted by molar-refractivity contribution is 0.0767. The minimum atomic E-state index is -0.153. The summed E-state index contributed by atoms with van der Waals surface area (Å²) in [7, 11) is 0. The van der Waals surface area contributed by atoms with Crippen molar-refractivity contribution in [3.05, 3.63) is 23.3 Å². The molecule has 6 nitrogen and oxygen atoms in total. The molecule has 0 fully saturated rings. The molecule has 21 heavy (non-hydrogen) atoms. The van der Waals surface area contributed by atoms with E-state index in [2.05, 4.69) is 35.8 Å². The van der Waals surface area contributed by atoms with E-state index in [1.54, 1.807) is 9.42 Å². The molecule has 114 valence electrons. The van der Waals surface area contributed by atoms with Gasteiger partial charge in [0.2, 0.25) is 0 Å². The summed E-state index contributed by atoms with van der Waals surface area (Å²) in [5.74, 6) is 1.07. The second-order valence-corrected chi connectivity index (χ2v) is 6.12. The summed E-state index contributed by atoms with van der Waals surface area (Å²) in [6.45, 7) is 13.3. The molecule has 0 N–H and O–H groups in total. The molecule has 2 rings (SSSR count). The van der Waals surface area contributed by atoms with Gasteiger partial charge in [-0.25, -0.2) is 9.50 Å². The van der Waals surface area contributed by atoms with Crippen LogP contribution in [0.1, 0.15) is 56.6 Å². The zero-order valence-electron chi connectivity index (χ0n) is 13.6. The molecular formula is C15H23N5O. The molecule has 6 heteroatoms. The summed E-state index contributed by atoms with van der Waals surface area (Å²) in [6, 6.07) is 1.84. The first-order valence-electron chi connectivity index (χ1n) is 7.32. The molecule has 1 amide bonds. The van der Waals surface area contributed by atoms with Crippen LogP contribution in [0, 0.1) is 6.92 Å². The summed E-state index contributed by atoms with van der Waals surface area (Å²) in [6.07, 6.45) is 0. The van der Waals surface area contributed by atoms with Gasteiger partial charge in [0.25, 0.3) is 11.7 Å². The van der Waals surface area contributed by atoms with Crippen molar-refractivity contribution in [2.75, 3.05) is 13.1 Å². The summed E-state index contributed by atoms with van der Waals surface area (Å²) in [5, 5.41) is 4.38. The van der Waals surface area contributed by atoms with E-state index >= 15 is 0 Å². The predicted octanol–water partition coefficient (Wildman–Crippen LogP) is 2.21. The van der Waals surface area contributed by atoms with Crippen LogP contribution >= 0.6 is 0 Å². The van der Waals surface area contributed by atoms with Gasteiger partial charge in [-0.15, -0.1) is 0 Å². The summed E-state index contributed by atoms with van der Waals surface area (Å²) in [5.41, 5.74) is 1.21. The van der Waals surface area contributed by atoms with E-state index < -0.39 is 0 Å². The van der Waals surface area contributed by atoms with Gasteiger partial charge in [-0.2, -0.15) is 10.1 Å². The molecule has 0 aliphatic carbocycles. The number of amides is 1. The first-order chi connectivity index (χ1) is 9.77. The minimum Gasteiger partial charge on any atom is -0.338 e. The lowest BCUT2D eigenvalue weighted by Gasteiger charge is -2.22. The van der Waals surface area contributed by atoms with E-state index in [0.29, 0.717) is 30.4 Å². The van der Waals surface area contributed by atoms with Gasteiger partial charge >= 0.3 is 0 Å². The number of carbonyl (C=O) groups is 1. The maximum absolute atomic E-state index is 12.5. The Morgan fingerprint density at radius 2 is 1.86 bits per heavy atom. The average Bonchev–Trinajstić information content (AvgIpc) is 2.77. The van der Waals surface area contributed by atoms with E-state index in [4.69, 9.17) is 0 Å². The maximum Gasteiger partial charge on any atom is 0.272 e.